The molecule has 0 saturated carbocycles. The van der Waals surface area contributed by atoms with Crippen LogP contribution in [-0.2, 0) is 30.2 Å². The number of nitrogens with zero attached hydrogens (tertiary/aromatic N) is 2. The van der Waals surface area contributed by atoms with Crippen molar-refractivity contribution in [2.45, 2.75) is 31.9 Å². The molecule has 0 atom stereocenters. The SMILES string of the molecule is Cc1nn(C)c(C)c1S(=O)(=O)NCc1ccccc1CO. The second kappa shape index (κ2) is 5.97. The number of sulfonamides is 1. The summed E-state index contributed by atoms with van der Waals surface area (Å²) in [6.45, 7) is 3.40. The van der Waals surface area contributed by atoms with Crippen LogP contribution in [0.3, 0.4) is 0 Å². The highest BCUT2D eigenvalue weighted by molar-refractivity contribution is 7.89. The Balaban J connectivity index is 2.26. The fraction of sp³-hybridized carbons (Fsp3) is 0.357. The van der Waals surface area contributed by atoms with Gasteiger partial charge in [0, 0.05) is 13.6 Å². The van der Waals surface area contributed by atoms with Crippen molar-refractivity contribution in [1.29, 1.82) is 0 Å². The number of nitrogens with one attached hydrogen (secondary N) is 1. The summed E-state index contributed by atoms with van der Waals surface area (Å²) >= 11 is 0. The molecule has 1 aromatic heterocycles. The van der Waals surface area contributed by atoms with Crippen LogP contribution in [0.4, 0.5) is 0 Å². The van der Waals surface area contributed by atoms with E-state index in [0.717, 1.165) is 5.56 Å². The number of aliphatic hydroxyl groups is 1. The van der Waals surface area contributed by atoms with Crippen molar-refractivity contribution in [1.82, 2.24) is 14.5 Å². The summed E-state index contributed by atoms with van der Waals surface area (Å²) in [5.41, 5.74) is 2.52. The van der Waals surface area contributed by atoms with Crippen molar-refractivity contribution in [3.8, 4) is 0 Å². The third kappa shape index (κ3) is 3.15. The van der Waals surface area contributed by atoms with Gasteiger partial charge in [-0.05, 0) is 25.0 Å². The molecule has 2 N–H and O–H groups in total. The largest absolute Gasteiger partial charge is 0.392 e. The first-order chi connectivity index (χ1) is 9.86. The Bertz CT molecular complexity index is 751. The van der Waals surface area contributed by atoms with Gasteiger partial charge in [0.05, 0.1) is 18.0 Å². The minimum atomic E-state index is -3.64. The van der Waals surface area contributed by atoms with Crippen molar-refractivity contribution in [3.63, 3.8) is 0 Å². The molecule has 0 radical (unpaired) electrons. The maximum absolute atomic E-state index is 12.4. The van der Waals surface area contributed by atoms with E-state index in [9.17, 15) is 13.5 Å². The summed E-state index contributed by atoms with van der Waals surface area (Å²) in [7, 11) is -1.93. The number of aryl methyl sites for hydroxylation is 2. The minimum absolute atomic E-state index is 0.122. The van der Waals surface area contributed by atoms with E-state index in [4.69, 9.17) is 0 Å². The average molecular weight is 309 g/mol. The standard InChI is InChI=1S/C14H19N3O3S/c1-10-14(11(2)17(3)16-10)21(19,20)15-8-12-6-4-5-7-13(12)9-18/h4-7,15,18H,8-9H2,1-3H3. The van der Waals surface area contributed by atoms with Crippen molar-refractivity contribution >= 4 is 10.0 Å². The predicted molar refractivity (Wildman–Crippen MR) is 79.1 cm³/mol. The van der Waals surface area contributed by atoms with Crippen LogP contribution in [0.5, 0.6) is 0 Å². The maximum Gasteiger partial charge on any atom is 0.244 e. The van der Waals surface area contributed by atoms with Gasteiger partial charge in [-0.1, -0.05) is 24.3 Å². The number of rotatable bonds is 5. The van der Waals surface area contributed by atoms with Crippen molar-refractivity contribution in [2.75, 3.05) is 0 Å². The molecular weight excluding hydrogens is 290 g/mol. The molecule has 114 valence electrons. The summed E-state index contributed by atoms with van der Waals surface area (Å²) in [6, 6.07) is 7.17. The second-order valence-corrected chi connectivity index (χ2v) is 6.58. The lowest BCUT2D eigenvalue weighted by Crippen LogP contribution is -2.25. The summed E-state index contributed by atoms with van der Waals surface area (Å²) in [5.74, 6) is 0. The van der Waals surface area contributed by atoms with E-state index in [1.807, 2.05) is 6.07 Å². The van der Waals surface area contributed by atoms with Crippen LogP contribution >= 0.6 is 0 Å². The van der Waals surface area contributed by atoms with Crippen LogP contribution in [0.15, 0.2) is 29.2 Å². The summed E-state index contributed by atoms with van der Waals surface area (Å²) in [4.78, 5) is 0.214. The van der Waals surface area contributed by atoms with E-state index in [1.54, 1.807) is 43.8 Å². The van der Waals surface area contributed by atoms with Crippen LogP contribution in [0.25, 0.3) is 0 Å². The molecule has 1 heterocycles. The van der Waals surface area contributed by atoms with Gasteiger partial charge in [0.1, 0.15) is 4.90 Å². The molecule has 0 amide bonds. The van der Waals surface area contributed by atoms with Crippen molar-refractivity contribution in [3.05, 3.63) is 46.8 Å². The Hall–Kier alpha value is -1.70. The first-order valence-corrected chi connectivity index (χ1v) is 8.02. The minimum Gasteiger partial charge on any atom is -0.392 e. The van der Waals surface area contributed by atoms with Crippen LogP contribution in [0, 0.1) is 13.8 Å². The van der Waals surface area contributed by atoms with Crippen LogP contribution in [0.1, 0.15) is 22.5 Å². The molecule has 1 aromatic carbocycles. The smallest absolute Gasteiger partial charge is 0.244 e. The molecule has 0 spiro atoms. The molecule has 0 unspecified atom stereocenters. The zero-order chi connectivity index (χ0) is 15.6. The van der Waals surface area contributed by atoms with Crippen LogP contribution in [0.2, 0.25) is 0 Å². The zero-order valence-electron chi connectivity index (χ0n) is 12.3. The van der Waals surface area contributed by atoms with Crippen molar-refractivity contribution in [2.24, 2.45) is 7.05 Å². The Morgan fingerprint density at radius 1 is 1.24 bits per heavy atom. The maximum atomic E-state index is 12.4. The van der Waals surface area contributed by atoms with E-state index in [1.165, 1.54) is 0 Å². The first kappa shape index (κ1) is 15.7. The van der Waals surface area contributed by atoms with Crippen molar-refractivity contribution < 1.29 is 13.5 Å². The Morgan fingerprint density at radius 2 is 1.86 bits per heavy atom. The molecule has 0 aliphatic heterocycles. The van der Waals surface area contributed by atoms with Gasteiger partial charge in [-0.2, -0.15) is 5.10 Å². The Kier molecular flexibility index (Phi) is 4.46. The van der Waals surface area contributed by atoms with Gasteiger partial charge in [0.2, 0.25) is 10.0 Å². The third-order valence-electron chi connectivity index (χ3n) is 3.45. The predicted octanol–water partition coefficient (Wildman–Crippen LogP) is 1.01. The molecule has 0 aliphatic rings. The molecule has 2 rings (SSSR count). The first-order valence-electron chi connectivity index (χ1n) is 6.54. The molecule has 0 bridgehead atoms. The number of hydrogen-bond acceptors (Lipinski definition) is 4. The zero-order valence-corrected chi connectivity index (χ0v) is 13.1. The number of benzene rings is 1. The van der Waals surface area contributed by atoms with E-state index >= 15 is 0 Å². The molecule has 6 nitrogen and oxygen atoms in total. The Labute approximate surface area is 124 Å². The van der Waals surface area contributed by atoms with Gasteiger partial charge in [-0.25, -0.2) is 13.1 Å². The number of aromatic nitrogens is 2. The quantitative estimate of drug-likeness (QED) is 0.863. The van der Waals surface area contributed by atoms with E-state index in [0.29, 0.717) is 17.0 Å². The molecule has 0 fully saturated rings. The number of aliphatic hydroxyl groups excluding tert-OH is 1. The summed E-state index contributed by atoms with van der Waals surface area (Å²) < 4.78 is 29.0. The monoisotopic (exact) mass is 309 g/mol. The van der Waals surface area contributed by atoms with Gasteiger partial charge >= 0.3 is 0 Å². The molecular formula is C14H19N3O3S. The highest BCUT2D eigenvalue weighted by Gasteiger charge is 2.23. The Morgan fingerprint density at radius 3 is 2.38 bits per heavy atom. The number of hydrogen-bond donors (Lipinski definition) is 2. The van der Waals surface area contributed by atoms with Gasteiger partial charge in [0.15, 0.2) is 0 Å². The van der Waals surface area contributed by atoms with Gasteiger partial charge in [-0.3, -0.25) is 4.68 Å². The van der Waals surface area contributed by atoms with E-state index < -0.39 is 10.0 Å². The van der Waals surface area contributed by atoms with Crippen LogP contribution in [-0.4, -0.2) is 23.3 Å². The van der Waals surface area contributed by atoms with Gasteiger partial charge in [0.25, 0.3) is 0 Å². The fourth-order valence-electron chi connectivity index (χ4n) is 2.27. The summed E-state index contributed by atoms with van der Waals surface area (Å²) in [6.07, 6.45) is 0. The average Bonchev–Trinajstić information content (AvgIpc) is 2.70. The fourth-order valence-corrected chi connectivity index (χ4v) is 3.71. The molecule has 0 saturated heterocycles. The molecule has 7 heteroatoms. The lowest BCUT2D eigenvalue weighted by atomic mass is 10.1. The third-order valence-corrected chi connectivity index (χ3v) is 5.11. The molecule has 21 heavy (non-hydrogen) atoms. The topological polar surface area (TPSA) is 84.2 Å². The van der Waals surface area contributed by atoms with Crippen LogP contribution < -0.4 is 4.72 Å². The lowest BCUT2D eigenvalue weighted by Gasteiger charge is -2.10. The highest BCUT2D eigenvalue weighted by Crippen LogP contribution is 2.19. The molecule has 0 aliphatic carbocycles. The highest BCUT2D eigenvalue weighted by atomic mass is 32.2. The van der Waals surface area contributed by atoms with Gasteiger partial charge in [-0.15, -0.1) is 0 Å². The lowest BCUT2D eigenvalue weighted by molar-refractivity contribution is 0.280. The second-order valence-electron chi connectivity index (χ2n) is 4.87. The van der Waals surface area contributed by atoms with Gasteiger partial charge < -0.3 is 5.11 Å². The van der Waals surface area contributed by atoms with E-state index in [2.05, 4.69) is 9.82 Å². The van der Waals surface area contributed by atoms with E-state index in [-0.39, 0.29) is 18.0 Å². The summed E-state index contributed by atoms with van der Waals surface area (Å²) in [5, 5.41) is 13.4. The molecule has 2 aromatic rings. The normalized spacial score (nSPS) is 11.8.